The smallest absolute Gasteiger partial charge is 0.274 e. The summed E-state index contributed by atoms with van der Waals surface area (Å²) in [6, 6.07) is 14.4. The molecular weight excluding hydrogens is 388 g/mol. The molecule has 0 aliphatic heterocycles. The number of ketones is 1. The Balaban J connectivity index is 1.65. The molecule has 0 heterocycles. The van der Waals surface area contributed by atoms with Crippen molar-refractivity contribution < 1.29 is 19.5 Å². The van der Waals surface area contributed by atoms with Crippen LogP contribution in [0.5, 0.6) is 5.75 Å². The van der Waals surface area contributed by atoms with Crippen LogP contribution in [-0.2, 0) is 22.6 Å². The molecule has 0 spiro atoms. The number of hydrogen-bond acceptors (Lipinski definition) is 4. The van der Waals surface area contributed by atoms with Crippen molar-refractivity contribution in [2.75, 3.05) is 11.9 Å². The molecule has 0 bridgehead atoms. The molecule has 2 aliphatic rings. The molecule has 1 saturated carbocycles. The van der Waals surface area contributed by atoms with E-state index in [9.17, 15) is 9.90 Å². The Kier molecular flexibility index (Phi) is 6.30. The normalized spacial score (nSPS) is 22.0. The molecule has 5 nitrogen and oxygen atoms in total. The Morgan fingerprint density at radius 1 is 1.10 bits per heavy atom. The molecule has 0 radical (unpaired) electrons. The Morgan fingerprint density at radius 2 is 1.84 bits per heavy atom. The number of benzene rings is 2. The number of anilines is 1. The van der Waals surface area contributed by atoms with Crippen LogP contribution < -0.4 is 5.32 Å². The number of hydroxylamine groups is 1. The van der Waals surface area contributed by atoms with Crippen LogP contribution in [0.3, 0.4) is 0 Å². The van der Waals surface area contributed by atoms with Crippen molar-refractivity contribution in [1.29, 1.82) is 0 Å². The minimum Gasteiger partial charge on any atom is -0.508 e. The van der Waals surface area contributed by atoms with E-state index in [1.165, 1.54) is 11.1 Å². The highest BCUT2D eigenvalue weighted by Gasteiger charge is 2.45. The molecule has 2 N–H and O–H groups in total. The average Bonchev–Trinajstić information content (AvgIpc) is 2.74. The summed E-state index contributed by atoms with van der Waals surface area (Å²) in [7, 11) is 0. The molecular formula is C26H33N2O3+. The second-order valence-electron chi connectivity index (χ2n) is 8.93. The van der Waals surface area contributed by atoms with Gasteiger partial charge < -0.3 is 10.4 Å². The number of carbonyl (C=O) groups is 1. The molecule has 2 aromatic rings. The van der Waals surface area contributed by atoms with Crippen LogP contribution in [0.2, 0.25) is 0 Å². The van der Waals surface area contributed by atoms with E-state index in [1.807, 2.05) is 23.8 Å². The van der Waals surface area contributed by atoms with Crippen molar-refractivity contribution in [3.8, 4) is 5.75 Å². The van der Waals surface area contributed by atoms with Gasteiger partial charge in [-0.1, -0.05) is 18.2 Å². The second kappa shape index (κ2) is 9.13. The van der Waals surface area contributed by atoms with Gasteiger partial charge in [-0.2, -0.15) is 0 Å². The molecule has 5 heteroatoms. The van der Waals surface area contributed by atoms with Gasteiger partial charge in [0.1, 0.15) is 5.75 Å². The van der Waals surface area contributed by atoms with Crippen LogP contribution >= 0.6 is 0 Å². The zero-order chi connectivity index (χ0) is 22.0. The monoisotopic (exact) mass is 421 g/mol. The van der Waals surface area contributed by atoms with Gasteiger partial charge in [-0.15, -0.1) is 0 Å². The SMILES string of the molecule is CCO[N+](Cc1ccc(NC(C)C)cc1)=C1C(=O)CC[C@@H]2c3ccc(O)cc3CC[C@@H]12. The van der Waals surface area contributed by atoms with Gasteiger partial charge in [0.2, 0.25) is 12.3 Å². The van der Waals surface area contributed by atoms with Crippen molar-refractivity contribution >= 4 is 17.2 Å². The molecule has 0 amide bonds. The van der Waals surface area contributed by atoms with Gasteiger partial charge in [-0.3, -0.25) is 9.63 Å². The van der Waals surface area contributed by atoms with E-state index in [-0.39, 0.29) is 11.7 Å². The highest BCUT2D eigenvalue weighted by molar-refractivity contribution is 6.39. The molecule has 4 rings (SSSR count). The first-order chi connectivity index (χ1) is 15.0. The maximum atomic E-state index is 13.1. The number of carbonyl (C=O) groups excluding carboxylic acids is 1. The number of fused-ring (bicyclic) bond motifs is 3. The van der Waals surface area contributed by atoms with E-state index < -0.39 is 0 Å². The summed E-state index contributed by atoms with van der Waals surface area (Å²) in [6.45, 7) is 7.29. The summed E-state index contributed by atoms with van der Waals surface area (Å²) in [5, 5.41) is 13.3. The maximum absolute atomic E-state index is 13.1. The average molecular weight is 422 g/mol. The first kappa shape index (κ1) is 21.4. The standard InChI is InChI=1S/C26H32N2O3/c1-4-31-28(16-18-5-8-20(9-6-18)27-17(2)3)26-24-11-7-19-15-21(29)10-12-22(19)23(24)13-14-25(26)30/h5-6,8-10,12,15,17,23-24,27H,4,7,11,13-14,16H2,1-3H3/p+1/t23-,24-/m1/s1. The van der Waals surface area contributed by atoms with Gasteiger partial charge in [0.15, 0.2) is 6.61 Å². The molecule has 1 fully saturated rings. The van der Waals surface area contributed by atoms with Crippen molar-refractivity contribution in [2.24, 2.45) is 5.92 Å². The van der Waals surface area contributed by atoms with Crippen LogP contribution in [-0.4, -0.2) is 34.0 Å². The molecule has 31 heavy (non-hydrogen) atoms. The number of nitrogens with one attached hydrogen (secondary N) is 1. The Labute approximate surface area is 184 Å². The Hall–Kier alpha value is -2.82. The van der Waals surface area contributed by atoms with Gasteiger partial charge in [-0.25, -0.2) is 0 Å². The van der Waals surface area contributed by atoms with Gasteiger partial charge in [0, 0.05) is 23.7 Å². The number of nitrogens with zero attached hydrogens (tertiary/aromatic N) is 1. The molecule has 0 saturated heterocycles. The molecule has 0 aromatic heterocycles. The lowest BCUT2D eigenvalue weighted by Crippen LogP contribution is -2.43. The number of aryl methyl sites for hydroxylation is 1. The highest BCUT2D eigenvalue weighted by Crippen LogP contribution is 2.44. The highest BCUT2D eigenvalue weighted by atomic mass is 16.7. The summed E-state index contributed by atoms with van der Waals surface area (Å²) in [5.41, 5.74) is 5.52. The van der Waals surface area contributed by atoms with E-state index in [0.29, 0.717) is 37.3 Å². The quantitative estimate of drug-likeness (QED) is 0.518. The van der Waals surface area contributed by atoms with Crippen molar-refractivity contribution in [3.05, 3.63) is 59.2 Å². The topological polar surface area (TPSA) is 61.6 Å². The number of hydrogen-bond donors (Lipinski definition) is 2. The van der Waals surface area contributed by atoms with Crippen LogP contribution in [0.15, 0.2) is 42.5 Å². The Bertz CT molecular complexity index is 979. The second-order valence-corrected chi connectivity index (χ2v) is 8.93. The number of phenolic OH excluding ortho intramolecular Hbond substituents is 1. The van der Waals surface area contributed by atoms with Gasteiger partial charge in [0.05, 0.1) is 5.92 Å². The molecule has 164 valence electrons. The van der Waals surface area contributed by atoms with Crippen molar-refractivity contribution in [2.45, 2.75) is 65.0 Å². The van der Waals surface area contributed by atoms with E-state index in [0.717, 1.165) is 36.2 Å². The van der Waals surface area contributed by atoms with E-state index in [4.69, 9.17) is 4.84 Å². The zero-order valence-electron chi connectivity index (χ0n) is 18.7. The lowest BCUT2D eigenvalue weighted by Gasteiger charge is -2.35. The van der Waals surface area contributed by atoms with Gasteiger partial charge in [-0.05, 0) is 86.1 Å². The molecule has 2 aliphatic carbocycles. The van der Waals surface area contributed by atoms with E-state index in [1.54, 1.807) is 6.07 Å². The predicted molar refractivity (Wildman–Crippen MR) is 123 cm³/mol. The number of rotatable bonds is 6. The summed E-state index contributed by atoms with van der Waals surface area (Å²) >= 11 is 0. The molecule has 0 unspecified atom stereocenters. The lowest BCUT2D eigenvalue weighted by atomic mass is 9.66. The minimum atomic E-state index is 0.159. The number of aromatic hydroxyl groups is 1. The van der Waals surface area contributed by atoms with Gasteiger partial charge >= 0.3 is 0 Å². The Morgan fingerprint density at radius 3 is 2.55 bits per heavy atom. The summed E-state index contributed by atoms with van der Waals surface area (Å²) < 4.78 is 1.86. The number of Topliss-reactive ketones (excluding diaryl/α,β-unsaturated/α-hetero) is 1. The fourth-order valence-corrected chi connectivity index (χ4v) is 5.09. The third-order valence-electron chi connectivity index (χ3n) is 6.34. The summed E-state index contributed by atoms with van der Waals surface area (Å²) in [4.78, 5) is 19.1. The van der Waals surface area contributed by atoms with Crippen LogP contribution in [0.25, 0.3) is 0 Å². The van der Waals surface area contributed by atoms with Crippen molar-refractivity contribution in [1.82, 2.24) is 0 Å². The fraction of sp³-hybridized carbons (Fsp3) is 0.462. The minimum absolute atomic E-state index is 0.159. The third kappa shape index (κ3) is 4.60. The first-order valence-corrected chi connectivity index (χ1v) is 11.4. The number of phenols is 1. The van der Waals surface area contributed by atoms with Gasteiger partial charge in [0.25, 0.3) is 5.71 Å². The van der Waals surface area contributed by atoms with Crippen molar-refractivity contribution in [3.63, 3.8) is 0 Å². The molecule has 2 aromatic carbocycles. The maximum Gasteiger partial charge on any atom is 0.274 e. The largest absolute Gasteiger partial charge is 0.508 e. The van der Waals surface area contributed by atoms with Crippen LogP contribution in [0, 0.1) is 5.92 Å². The molecule has 2 atom stereocenters. The van der Waals surface area contributed by atoms with Crippen LogP contribution in [0.1, 0.15) is 62.6 Å². The van der Waals surface area contributed by atoms with Crippen LogP contribution in [0.4, 0.5) is 5.69 Å². The third-order valence-corrected chi connectivity index (χ3v) is 6.34. The summed E-state index contributed by atoms with van der Waals surface area (Å²) in [5.74, 6) is 0.985. The first-order valence-electron chi connectivity index (χ1n) is 11.4. The predicted octanol–water partition coefficient (Wildman–Crippen LogP) is 4.83. The summed E-state index contributed by atoms with van der Waals surface area (Å²) in [6.07, 6.45) is 3.18. The fourth-order valence-electron chi connectivity index (χ4n) is 5.09. The zero-order valence-corrected chi connectivity index (χ0v) is 18.7. The van der Waals surface area contributed by atoms with E-state index in [2.05, 4.69) is 43.4 Å². The lowest BCUT2D eigenvalue weighted by molar-refractivity contribution is -0.799. The van der Waals surface area contributed by atoms with E-state index >= 15 is 0 Å².